The third kappa shape index (κ3) is 4.51. The zero-order chi connectivity index (χ0) is 14.3. The Hall–Kier alpha value is -0.510. The van der Waals surface area contributed by atoms with Gasteiger partial charge in [-0.1, -0.05) is 0 Å². The van der Waals surface area contributed by atoms with Crippen LogP contribution in [-0.4, -0.2) is 58.4 Å². The number of methoxy groups -OCH3 is 2. The molecule has 19 heavy (non-hydrogen) atoms. The lowest BCUT2D eigenvalue weighted by Gasteiger charge is -2.20. The van der Waals surface area contributed by atoms with E-state index >= 15 is 0 Å². The molecule has 0 aliphatic carbocycles. The average molecular weight is 309 g/mol. The Kier molecular flexibility index (Phi) is 6.90. The van der Waals surface area contributed by atoms with Gasteiger partial charge >= 0.3 is 0 Å². The maximum atomic E-state index is 12.4. The van der Waals surface area contributed by atoms with E-state index in [-0.39, 0.29) is 23.9 Å². The summed E-state index contributed by atoms with van der Waals surface area (Å²) in [5.41, 5.74) is 0. The molecule has 8 heteroatoms. The van der Waals surface area contributed by atoms with Crippen molar-refractivity contribution in [3.05, 3.63) is 17.0 Å². The predicted octanol–water partition coefficient (Wildman–Crippen LogP) is 0.524. The summed E-state index contributed by atoms with van der Waals surface area (Å²) in [6.45, 7) is 1.03. The number of nitrogens with zero attached hydrogens (tertiary/aromatic N) is 1. The minimum atomic E-state index is -3.55. The average Bonchev–Trinajstić information content (AvgIpc) is 2.88. The second kappa shape index (κ2) is 7.93. The number of hydrogen-bond acceptors (Lipinski definition) is 6. The molecule has 0 spiro atoms. The van der Waals surface area contributed by atoms with E-state index in [1.807, 2.05) is 0 Å². The smallest absolute Gasteiger partial charge is 0.252 e. The minimum Gasteiger partial charge on any atom is -0.391 e. The second-order valence-electron chi connectivity index (χ2n) is 3.77. The third-order valence-corrected chi connectivity index (χ3v) is 5.91. The van der Waals surface area contributed by atoms with Crippen LogP contribution in [0, 0.1) is 0 Å². The number of ether oxygens (including phenoxy) is 2. The highest BCUT2D eigenvalue weighted by molar-refractivity contribution is 7.91. The molecule has 1 aromatic rings. The molecule has 110 valence electrons. The summed E-state index contributed by atoms with van der Waals surface area (Å²) in [7, 11) is -0.506. The Balaban J connectivity index is 2.90. The first-order chi connectivity index (χ1) is 9.06. The van der Waals surface area contributed by atoms with Crippen LogP contribution in [0.15, 0.2) is 16.3 Å². The Labute approximate surface area is 117 Å². The van der Waals surface area contributed by atoms with Crippen LogP contribution >= 0.6 is 11.3 Å². The van der Waals surface area contributed by atoms with Crippen molar-refractivity contribution in [3.8, 4) is 0 Å². The molecule has 0 amide bonds. The van der Waals surface area contributed by atoms with Crippen LogP contribution in [0.2, 0.25) is 0 Å². The molecular weight excluding hydrogens is 290 g/mol. The molecule has 0 radical (unpaired) electrons. The zero-order valence-electron chi connectivity index (χ0n) is 11.0. The van der Waals surface area contributed by atoms with E-state index in [4.69, 9.17) is 14.6 Å². The van der Waals surface area contributed by atoms with Gasteiger partial charge in [-0.25, -0.2) is 8.42 Å². The summed E-state index contributed by atoms with van der Waals surface area (Å²) in [5, 5.41) is 9.00. The summed E-state index contributed by atoms with van der Waals surface area (Å²) in [6, 6.07) is 3.13. The molecule has 0 saturated heterocycles. The van der Waals surface area contributed by atoms with Crippen LogP contribution in [0.4, 0.5) is 0 Å². The molecule has 0 saturated carbocycles. The van der Waals surface area contributed by atoms with Crippen molar-refractivity contribution in [2.45, 2.75) is 10.8 Å². The fourth-order valence-corrected chi connectivity index (χ4v) is 4.23. The molecule has 0 atom stereocenters. The van der Waals surface area contributed by atoms with E-state index in [1.165, 1.54) is 24.6 Å². The molecule has 0 aromatic carbocycles. The van der Waals surface area contributed by atoms with Gasteiger partial charge in [0.15, 0.2) is 0 Å². The van der Waals surface area contributed by atoms with Crippen molar-refractivity contribution in [2.24, 2.45) is 0 Å². The van der Waals surface area contributed by atoms with Crippen LogP contribution in [0.3, 0.4) is 0 Å². The summed E-state index contributed by atoms with van der Waals surface area (Å²) >= 11 is 1.07. The van der Waals surface area contributed by atoms with Gasteiger partial charge in [0.05, 0.1) is 19.8 Å². The molecule has 0 unspecified atom stereocenters. The maximum Gasteiger partial charge on any atom is 0.252 e. The lowest BCUT2D eigenvalue weighted by atomic mass is 10.5. The summed E-state index contributed by atoms with van der Waals surface area (Å²) in [6.07, 6.45) is 0. The summed E-state index contributed by atoms with van der Waals surface area (Å²) < 4.78 is 36.2. The molecule has 0 bridgehead atoms. The molecule has 6 nitrogen and oxygen atoms in total. The van der Waals surface area contributed by atoms with Crippen LogP contribution in [0.25, 0.3) is 0 Å². The predicted molar refractivity (Wildman–Crippen MR) is 72.8 cm³/mol. The lowest BCUT2D eigenvalue weighted by molar-refractivity contribution is 0.150. The van der Waals surface area contributed by atoms with E-state index in [0.717, 1.165) is 11.3 Å². The Morgan fingerprint density at radius 1 is 1.21 bits per heavy atom. The van der Waals surface area contributed by atoms with Gasteiger partial charge in [0.1, 0.15) is 4.21 Å². The van der Waals surface area contributed by atoms with Crippen molar-refractivity contribution in [3.63, 3.8) is 0 Å². The van der Waals surface area contributed by atoms with Gasteiger partial charge in [-0.3, -0.25) is 0 Å². The molecule has 1 N–H and O–H groups in total. The normalized spacial score (nSPS) is 12.2. The fourth-order valence-electron chi connectivity index (χ4n) is 1.45. The highest BCUT2D eigenvalue weighted by Crippen LogP contribution is 2.24. The van der Waals surface area contributed by atoms with Crippen LogP contribution in [0.5, 0.6) is 0 Å². The van der Waals surface area contributed by atoms with Crippen molar-refractivity contribution >= 4 is 21.4 Å². The largest absolute Gasteiger partial charge is 0.391 e. The Bertz CT molecular complexity index is 463. The van der Waals surface area contributed by atoms with Gasteiger partial charge in [-0.2, -0.15) is 4.31 Å². The minimum absolute atomic E-state index is 0.156. The van der Waals surface area contributed by atoms with Crippen molar-refractivity contribution in [1.29, 1.82) is 0 Å². The molecule has 1 heterocycles. The van der Waals surface area contributed by atoms with Crippen LogP contribution in [-0.2, 0) is 26.1 Å². The quantitative estimate of drug-likeness (QED) is 0.720. The Morgan fingerprint density at radius 3 is 2.21 bits per heavy atom. The standard InChI is InChI=1S/C11H19NO5S2/c1-16-7-5-12(6-8-17-2)19(14,15)11-4-3-10(9-13)18-11/h3-4,13H,5-9H2,1-2H3. The number of aliphatic hydroxyl groups is 1. The number of aliphatic hydroxyl groups excluding tert-OH is 1. The molecule has 0 aliphatic rings. The highest BCUT2D eigenvalue weighted by atomic mass is 32.2. The highest BCUT2D eigenvalue weighted by Gasteiger charge is 2.25. The first kappa shape index (κ1) is 16.5. The first-order valence-electron chi connectivity index (χ1n) is 5.74. The number of rotatable bonds is 9. The molecule has 0 aliphatic heterocycles. The van der Waals surface area contributed by atoms with Gasteiger partial charge in [0, 0.05) is 32.2 Å². The van der Waals surface area contributed by atoms with Crippen LogP contribution < -0.4 is 0 Å². The maximum absolute atomic E-state index is 12.4. The molecule has 0 fully saturated rings. The number of thiophene rings is 1. The van der Waals surface area contributed by atoms with E-state index in [2.05, 4.69) is 0 Å². The summed E-state index contributed by atoms with van der Waals surface area (Å²) in [4.78, 5) is 0.622. The van der Waals surface area contributed by atoms with Gasteiger partial charge in [0.2, 0.25) is 0 Å². The van der Waals surface area contributed by atoms with Crippen molar-refractivity contribution in [2.75, 3.05) is 40.5 Å². The number of sulfonamides is 1. The second-order valence-corrected chi connectivity index (χ2v) is 7.10. The fraction of sp³-hybridized carbons (Fsp3) is 0.636. The number of hydrogen-bond donors (Lipinski definition) is 1. The van der Waals surface area contributed by atoms with Gasteiger partial charge in [0.25, 0.3) is 10.0 Å². The van der Waals surface area contributed by atoms with Gasteiger partial charge in [-0.05, 0) is 12.1 Å². The van der Waals surface area contributed by atoms with E-state index < -0.39 is 10.0 Å². The van der Waals surface area contributed by atoms with Crippen molar-refractivity contribution < 1.29 is 23.0 Å². The lowest BCUT2D eigenvalue weighted by Crippen LogP contribution is -2.36. The van der Waals surface area contributed by atoms with E-state index in [9.17, 15) is 8.42 Å². The van der Waals surface area contributed by atoms with Gasteiger partial charge < -0.3 is 14.6 Å². The Morgan fingerprint density at radius 2 is 1.79 bits per heavy atom. The summed E-state index contributed by atoms with van der Waals surface area (Å²) in [5.74, 6) is 0. The molecule has 1 rings (SSSR count). The zero-order valence-corrected chi connectivity index (χ0v) is 12.7. The topological polar surface area (TPSA) is 76.1 Å². The van der Waals surface area contributed by atoms with Gasteiger partial charge in [-0.15, -0.1) is 11.3 Å². The first-order valence-corrected chi connectivity index (χ1v) is 7.99. The van der Waals surface area contributed by atoms with E-state index in [0.29, 0.717) is 18.1 Å². The van der Waals surface area contributed by atoms with Crippen molar-refractivity contribution in [1.82, 2.24) is 4.31 Å². The SMILES string of the molecule is COCCN(CCOC)S(=O)(=O)c1ccc(CO)s1. The molecular formula is C11H19NO5S2. The third-order valence-electron chi connectivity index (χ3n) is 2.48. The molecule has 1 aromatic heterocycles. The monoisotopic (exact) mass is 309 g/mol. The van der Waals surface area contributed by atoms with Crippen LogP contribution in [0.1, 0.15) is 4.88 Å². The van der Waals surface area contributed by atoms with E-state index in [1.54, 1.807) is 6.07 Å².